The minimum Gasteiger partial charge on any atom is -0.494 e. The van der Waals surface area contributed by atoms with Gasteiger partial charge in [-0.3, -0.25) is 4.98 Å². The number of aromatic nitrogens is 2. The first-order valence-corrected chi connectivity index (χ1v) is 12.4. The van der Waals surface area contributed by atoms with Crippen molar-refractivity contribution in [3.05, 3.63) is 78.1 Å². The van der Waals surface area contributed by atoms with Crippen molar-refractivity contribution >= 4 is 22.6 Å². The van der Waals surface area contributed by atoms with Crippen molar-refractivity contribution < 1.29 is 9.53 Å². The lowest BCUT2D eigenvalue weighted by Crippen LogP contribution is -2.30. The summed E-state index contributed by atoms with van der Waals surface area (Å²) >= 11 is 0. The van der Waals surface area contributed by atoms with E-state index in [9.17, 15) is 10.1 Å². The van der Waals surface area contributed by atoms with Crippen molar-refractivity contribution in [3.63, 3.8) is 0 Å². The summed E-state index contributed by atoms with van der Waals surface area (Å²) < 4.78 is 8.06. The summed E-state index contributed by atoms with van der Waals surface area (Å²) in [4.78, 5) is 16.6. The highest BCUT2D eigenvalue weighted by molar-refractivity contribution is 5.96. The van der Waals surface area contributed by atoms with Crippen LogP contribution in [0.2, 0.25) is 0 Å². The van der Waals surface area contributed by atoms with Crippen LogP contribution in [0.25, 0.3) is 22.2 Å². The third kappa shape index (κ3) is 4.76. The van der Waals surface area contributed by atoms with E-state index >= 15 is 0 Å². The molecule has 2 heterocycles. The molecule has 2 aromatic carbocycles. The van der Waals surface area contributed by atoms with Gasteiger partial charge in [-0.25, -0.2) is 4.79 Å². The Labute approximate surface area is 210 Å². The molecule has 182 valence electrons. The summed E-state index contributed by atoms with van der Waals surface area (Å²) in [6.45, 7) is 3.06. The van der Waals surface area contributed by atoms with Crippen LogP contribution in [0.15, 0.2) is 66.9 Å². The van der Waals surface area contributed by atoms with E-state index in [0.29, 0.717) is 36.9 Å². The molecule has 0 unspecified atom stereocenters. The normalized spacial score (nSPS) is 13.1. The van der Waals surface area contributed by atoms with Crippen molar-refractivity contribution in [1.82, 2.24) is 14.9 Å². The molecular formula is C29H29N5O2. The fourth-order valence-electron chi connectivity index (χ4n) is 4.70. The summed E-state index contributed by atoms with van der Waals surface area (Å²) in [6.07, 6.45) is 5.80. The molecule has 1 aliphatic rings. The van der Waals surface area contributed by atoms with Crippen LogP contribution in [0.3, 0.4) is 0 Å². The molecule has 1 saturated carbocycles. The van der Waals surface area contributed by atoms with E-state index in [1.165, 1.54) is 6.42 Å². The number of nitriles is 1. The van der Waals surface area contributed by atoms with Crippen LogP contribution < -0.4 is 15.4 Å². The van der Waals surface area contributed by atoms with Crippen LogP contribution >= 0.6 is 0 Å². The van der Waals surface area contributed by atoms with Crippen LogP contribution in [-0.2, 0) is 6.42 Å². The number of urea groups is 1. The minimum absolute atomic E-state index is 0.261. The maximum Gasteiger partial charge on any atom is 0.319 e. The average molecular weight is 480 g/mol. The van der Waals surface area contributed by atoms with Gasteiger partial charge in [-0.2, -0.15) is 5.26 Å². The van der Waals surface area contributed by atoms with Crippen LogP contribution in [0.4, 0.5) is 10.5 Å². The monoisotopic (exact) mass is 479 g/mol. The highest BCUT2D eigenvalue weighted by atomic mass is 16.5. The molecule has 0 bridgehead atoms. The van der Waals surface area contributed by atoms with E-state index < -0.39 is 0 Å². The second-order valence-corrected chi connectivity index (χ2v) is 8.93. The molecule has 0 radical (unpaired) electrons. The fourth-order valence-corrected chi connectivity index (χ4v) is 4.70. The van der Waals surface area contributed by atoms with Crippen LogP contribution in [-0.4, -0.2) is 28.7 Å². The van der Waals surface area contributed by atoms with Gasteiger partial charge in [-0.15, -0.1) is 0 Å². The molecule has 7 heteroatoms. The zero-order chi connectivity index (χ0) is 24.9. The summed E-state index contributed by atoms with van der Waals surface area (Å²) in [5.41, 5.74) is 5.22. The number of nitrogens with one attached hydrogen (secondary N) is 2. The number of nitrogens with zero attached hydrogens (tertiary/aromatic N) is 3. The van der Waals surface area contributed by atoms with Crippen molar-refractivity contribution in [2.45, 2.75) is 38.6 Å². The lowest BCUT2D eigenvalue weighted by atomic mass is 9.92. The van der Waals surface area contributed by atoms with Gasteiger partial charge in [0.1, 0.15) is 11.8 Å². The maximum atomic E-state index is 12.3. The van der Waals surface area contributed by atoms with E-state index in [0.717, 1.165) is 46.4 Å². The number of hydrogen-bond acceptors (Lipinski definition) is 4. The molecule has 2 amide bonds. The Morgan fingerprint density at radius 2 is 2.00 bits per heavy atom. The molecule has 36 heavy (non-hydrogen) atoms. The molecule has 0 spiro atoms. The standard InChI is InChI=1S/C29H29N5O2/c1-2-36-24-13-14-25-26(19-30)28(34(27(25)18-24)23-7-5-8-23)20-9-11-22(12-10-20)33-29(35)32-17-15-21-6-3-4-16-31-21/h3-4,6,9-14,16,18,23H,2,5,7-8,15,17H2,1H3,(H2,32,33,35). The first-order valence-electron chi connectivity index (χ1n) is 12.4. The van der Waals surface area contributed by atoms with E-state index in [2.05, 4.69) is 26.3 Å². The molecule has 5 rings (SSSR count). The third-order valence-corrected chi connectivity index (χ3v) is 6.65. The smallest absolute Gasteiger partial charge is 0.319 e. The number of carbonyl (C=O) groups excluding carboxylic acids is 1. The Morgan fingerprint density at radius 3 is 2.67 bits per heavy atom. The van der Waals surface area contributed by atoms with Gasteiger partial charge in [-0.05, 0) is 68.1 Å². The van der Waals surface area contributed by atoms with Gasteiger partial charge in [0, 0.05) is 48.0 Å². The third-order valence-electron chi connectivity index (χ3n) is 6.65. The van der Waals surface area contributed by atoms with Gasteiger partial charge in [-0.1, -0.05) is 18.2 Å². The van der Waals surface area contributed by atoms with Crippen LogP contribution in [0.1, 0.15) is 43.5 Å². The Balaban J connectivity index is 1.37. The van der Waals surface area contributed by atoms with Gasteiger partial charge in [0.2, 0.25) is 0 Å². The van der Waals surface area contributed by atoms with Gasteiger partial charge in [0.15, 0.2) is 0 Å². The first kappa shape index (κ1) is 23.4. The van der Waals surface area contributed by atoms with Gasteiger partial charge in [0.05, 0.1) is 23.4 Å². The predicted octanol–water partition coefficient (Wildman–Crippen LogP) is 6.06. The van der Waals surface area contributed by atoms with Crippen molar-refractivity contribution in [2.24, 2.45) is 0 Å². The summed E-state index contributed by atoms with van der Waals surface area (Å²) in [7, 11) is 0. The molecule has 2 N–H and O–H groups in total. The summed E-state index contributed by atoms with van der Waals surface area (Å²) in [5, 5.41) is 16.8. The molecule has 1 aliphatic carbocycles. The second-order valence-electron chi connectivity index (χ2n) is 8.93. The number of anilines is 1. The second kappa shape index (κ2) is 10.5. The van der Waals surface area contributed by atoms with E-state index in [1.54, 1.807) is 6.20 Å². The molecular weight excluding hydrogens is 450 g/mol. The van der Waals surface area contributed by atoms with Gasteiger partial charge >= 0.3 is 6.03 Å². The van der Waals surface area contributed by atoms with Crippen molar-refractivity contribution in [3.8, 4) is 23.1 Å². The Kier molecular flexibility index (Phi) is 6.85. The Morgan fingerprint density at radius 1 is 1.17 bits per heavy atom. The average Bonchev–Trinajstić information content (AvgIpc) is 3.17. The van der Waals surface area contributed by atoms with Gasteiger partial charge < -0.3 is 19.9 Å². The zero-order valence-electron chi connectivity index (χ0n) is 20.3. The highest BCUT2D eigenvalue weighted by Gasteiger charge is 2.28. The SMILES string of the molecule is CCOc1ccc2c(C#N)c(-c3ccc(NC(=O)NCCc4ccccn4)cc3)n(C3CCC3)c2c1. The highest BCUT2D eigenvalue weighted by Crippen LogP contribution is 2.43. The van der Waals surface area contributed by atoms with E-state index in [1.807, 2.05) is 67.6 Å². The number of benzene rings is 2. The lowest BCUT2D eigenvalue weighted by Gasteiger charge is -2.30. The van der Waals surface area contributed by atoms with Crippen molar-refractivity contribution in [2.75, 3.05) is 18.5 Å². The first-order chi connectivity index (χ1) is 17.7. The summed E-state index contributed by atoms with van der Waals surface area (Å²) in [5.74, 6) is 0.813. The number of rotatable bonds is 8. The number of amides is 2. The largest absolute Gasteiger partial charge is 0.494 e. The van der Waals surface area contributed by atoms with Gasteiger partial charge in [0.25, 0.3) is 0 Å². The lowest BCUT2D eigenvalue weighted by molar-refractivity contribution is 0.252. The number of carbonyl (C=O) groups is 1. The number of pyridine rings is 1. The molecule has 0 saturated heterocycles. The molecule has 0 aliphatic heterocycles. The molecule has 0 atom stereocenters. The number of fused-ring (bicyclic) bond motifs is 1. The van der Waals surface area contributed by atoms with Crippen LogP contribution in [0.5, 0.6) is 5.75 Å². The fraction of sp³-hybridized carbons (Fsp3) is 0.276. The van der Waals surface area contributed by atoms with E-state index in [-0.39, 0.29) is 6.03 Å². The van der Waals surface area contributed by atoms with E-state index in [4.69, 9.17) is 4.74 Å². The molecule has 7 nitrogen and oxygen atoms in total. The maximum absolute atomic E-state index is 12.3. The number of ether oxygens (including phenoxy) is 1. The minimum atomic E-state index is -0.261. The zero-order valence-corrected chi connectivity index (χ0v) is 20.3. The van der Waals surface area contributed by atoms with Crippen LogP contribution in [0, 0.1) is 11.3 Å². The Bertz CT molecular complexity index is 1400. The molecule has 2 aromatic heterocycles. The molecule has 1 fully saturated rings. The Hall–Kier alpha value is -4.31. The number of hydrogen-bond donors (Lipinski definition) is 2. The predicted molar refractivity (Wildman–Crippen MR) is 141 cm³/mol. The topological polar surface area (TPSA) is 92.0 Å². The molecule has 4 aromatic rings. The summed E-state index contributed by atoms with van der Waals surface area (Å²) in [6, 6.07) is 22.0. The van der Waals surface area contributed by atoms with Crippen molar-refractivity contribution in [1.29, 1.82) is 5.26 Å². The quantitative estimate of drug-likeness (QED) is 0.321.